The van der Waals surface area contributed by atoms with Gasteiger partial charge in [-0.3, -0.25) is 4.98 Å². The first-order chi connectivity index (χ1) is 10.3. The van der Waals surface area contributed by atoms with Crippen LogP contribution < -0.4 is 9.47 Å². The Balaban J connectivity index is 1.81. The second kappa shape index (κ2) is 4.93. The number of pyridine rings is 1. The van der Waals surface area contributed by atoms with Gasteiger partial charge in [0.15, 0.2) is 17.3 Å². The van der Waals surface area contributed by atoms with Crippen LogP contribution in [0.1, 0.15) is 6.42 Å². The predicted octanol–water partition coefficient (Wildman–Crippen LogP) is 3.44. The summed E-state index contributed by atoms with van der Waals surface area (Å²) < 4.78 is 11.4. The average Bonchev–Trinajstić information content (AvgIpc) is 2.76. The molecule has 21 heavy (non-hydrogen) atoms. The van der Waals surface area contributed by atoms with Gasteiger partial charge < -0.3 is 14.5 Å². The summed E-state index contributed by atoms with van der Waals surface area (Å²) >= 11 is 5.85. The molecule has 0 saturated carbocycles. The van der Waals surface area contributed by atoms with Gasteiger partial charge in [-0.1, -0.05) is 11.6 Å². The Morgan fingerprint density at radius 2 is 1.90 bits per heavy atom. The molecule has 0 atom stereocenters. The quantitative estimate of drug-likeness (QED) is 0.748. The molecule has 1 aliphatic rings. The maximum Gasteiger partial charge on any atom is 0.163 e. The van der Waals surface area contributed by atoms with E-state index < -0.39 is 0 Å². The highest BCUT2D eigenvalue weighted by Crippen LogP contribution is 2.34. The molecule has 0 saturated heterocycles. The fourth-order valence-corrected chi connectivity index (χ4v) is 2.42. The van der Waals surface area contributed by atoms with E-state index in [1.165, 1.54) is 0 Å². The van der Waals surface area contributed by atoms with E-state index in [0.29, 0.717) is 24.1 Å². The number of benzene rings is 1. The zero-order valence-electron chi connectivity index (χ0n) is 11.1. The maximum atomic E-state index is 5.85. The first-order valence-electron chi connectivity index (χ1n) is 6.71. The SMILES string of the molecule is Clc1ccc(-c2nc3cc4c(cc3[nH]2)OCCCO4)nc1. The number of nitrogens with zero attached hydrogens (tertiary/aromatic N) is 2. The highest BCUT2D eigenvalue weighted by atomic mass is 35.5. The van der Waals surface area contributed by atoms with E-state index in [2.05, 4.69) is 15.0 Å². The molecule has 0 bridgehead atoms. The highest BCUT2D eigenvalue weighted by Gasteiger charge is 2.14. The van der Waals surface area contributed by atoms with Crippen LogP contribution in [0, 0.1) is 0 Å². The third kappa shape index (κ3) is 2.29. The lowest BCUT2D eigenvalue weighted by molar-refractivity contribution is 0.297. The van der Waals surface area contributed by atoms with Crippen LogP contribution in [0.4, 0.5) is 0 Å². The lowest BCUT2D eigenvalue weighted by atomic mass is 10.3. The number of hydrogen-bond acceptors (Lipinski definition) is 4. The zero-order chi connectivity index (χ0) is 14.2. The van der Waals surface area contributed by atoms with Crippen LogP contribution in [-0.2, 0) is 0 Å². The number of fused-ring (bicyclic) bond motifs is 2. The van der Waals surface area contributed by atoms with Crippen LogP contribution in [0.25, 0.3) is 22.6 Å². The van der Waals surface area contributed by atoms with Gasteiger partial charge in [-0.2, -0.15) is 0 Å². The van der Waals surface area contributed by atoms with Crippen LogP contribution in [0.15, 0.2) is 30.5 Å². The van der Waals surface area contributed by atoms with E-state index in [-0.39, 0.29) is 0 Å². The summed E-state index contributed by atoms with van der Waals surface area (Å²) in [6.07, 6.45) is 2.49. The maximum absolute atomic E-state index is 5.85. The van der Waals surface area contributed by atoms with Crippen molar-refractivity contribution in [3.63, 3.8) is 0 Å². The average molecular weight is 302 g/mol. The van der Waals surface area contributed by atoms with Crippen molar-refractivity contribution < 1.29 is 9.47 Å². The molecule has 4 rings (SSSR count). The van der Waals surface area contributed by atoms with E-state index in [9.17, 15) is 0 Å². The van der Waals surface area contributed by atoms with Gasteiger partial charge >= 0.3 is 0 Å². The zero-order valence-corrected chi connectivity index (χ0v) is 11.9. The number of halogens is 1. The number of H-pyrrole nitrogens is 1. The van der Waals surface area contributed by atoms with Gasteiger partial charge in [0, 0.05) is 24.8 Å². The van der Waals surface area contributed by atoms with Crippen molar-refractivity contribution in [3.8, 4) is 23.0 Å². The molecule has 0 unspecified atom stereocenters. The third-order valence-electron chi connectivity index (χ3n) is 3.32. The summed E-state index contributed by atoms with van der Waals surface area (Å²) in [6.45, 7) is 1.33. The van der Waals surface area contributed by atoms with E-state index >= 15 is 0 Å². The monoisotopic (exact) mass is 301 g/mol. The van der Waals surface area contributed by atoms with Crippen molar-refractivity contribution in [1.82, 2.24) is 15.0 Å². The molecule has 3 heterocycles. The Hall–Kier alpha value is -2.27. The molecule has 5 nitrogen and oxygen atoms in total. The molecule has 1 aromatic carbocycles. The molecular formula is C15H12ClN3O2. The van der Waals surface area contributed by atoms with Crippen LogP contribution in [0.5, 0.6) is 11.5 Å². The Kier molecular flexibility index (Phi) is 2.93. The number of ether oxygens (including phenoxy) is 2. The Bertz CT molecular complexity index is 756. The molecule has 6 heteroatoms. The number of imidazole rings is 1. The van der Waals surface area contributed by atoms with Crippen LogP contribution in [-0.4, -0.2) is 28.2 Å². The molecule has 0 aliphatic carbocycles. The highest BCUT2D eigenvalue weighted by molar-refractivity contribution is 6.30. The second-order valence-corrected chi connectivity index (χ2v) is 5.25. The first-order valence-corrected chi connectivity index (χ1v) is 7.09. The fraction of sp³-hybridized carbons (Fsp3) is 0.200. The number of rotatable bonds is 1. The number of aromatic nitrogens is 3. The van der Waals surface area contributed by atoms with E-state index in [4.69, 9.17) is 21.1 Å². The fourth-order valence-electron chi connectivity index (χ4n) is 2.30. The summed E-state index contributed by atoms with van der Waals surface area (Å²) in [4.78, 5) is 12.1. The molecule has 3 aromatic rings. The molecule has 0 spiro atoms. The number of hydrogen-bond donors (Lipinski definition) is 1. The molecular weight excluding hydrogens is 290 g/mol. The minimum absolute atomic E-state index is 0.600. The second-order valence-electron chi connectivity index (χ2n) is 4.81. The first kappa shape index (κ1) is 12.5. The van der Waals surface area contributed by atoms with E-state index in [1.54, 1.807) is 12.3 Å². The van der Waals surface area contributed by atoms with Crippen LogP contribution >= 0.6 is 11.6 Å². The van der Waals surface area contributed by atoms with Crippen molar-refractivity contribution in [3.05, 3.63) is 35.5 Å². The van der Waals surface area contributed by atoms with Gasteiger partial charge in [-0.15, -0.1) is 0 Å². The molecule has 1 N–H and O–H groups in total. The number of aromatic amines is 1. The summed E-state index contributed by atoms with van der Waals surface area (Å²) in [7, 11) is 0. The Morgan fingerprint density at radius 1 is 1.10 bits per heavy atom. The smallest absolute Gasteiger partial charge is 0.163 e. The van der Waals surface area contributed by atoms with Gasteiger partial charge in [0.05, 0.1) is 29.3 Å². The normalized spacial score (nSPS) is 14.1. The van der Waals surface area contributed by atoms with E-state index in [0.717, 1.165) is 34.6 Å². The molecule has 0 amide bonds. The molecule has 0 fully saturated rings. The lowest BCUT2D eigenvalue weighted by Crippen LogP contribution is -1.97. The molecule has 106 valence electrons. The van der Waals surface area contributed by atoms with Gasteiger partial charge in [-0.05, 0) is 12.1 Å². The van der Waals surface area contributed by atoms with Crippen molar-refractivity contribution >= 4 is 22.6 Å². The van der Waals surface area contributed by atoms with Gasteiger partial charge in [-0.25, -0.2) is 4.98 Å². The third-order valence-corrected chi connectivity index (χ3v) is 3.54. The van der Waals surface area contributed by atoms with Gasteiger partial charge in [0.2, 0.25) is 0 Å². The minimum atomic E-state index is 0.600. The van der Waals surface area contributed by atoms with Gasteiger partial charge in [0.1, 0.15) is 5.69 Å². The topological polar surface area (TPSA) is 60.0 Å². The van der Waals surface area contributed by atoms with Crippen LogP contribution in [0.2, 0.25) is 5.02 Å². The van der Waals surface area contributed by atoms with Gasteiger partial charge in [0.25, 0.3) is 0 Å². The Labute approximate surface area is 125 Å². The standard InChI is InChI=1S/C15H12ClN3O2/c16-9-2-3-10(17-8-9)15-18-11-6-13-14(7-12(11)19-15)21-5-1-4-20-13/h2-3,6-8H,1,4-5H2,(H,18,19). The molecule has 0 radical (unpaired) electrons. The Morgan fingerprint density at radius 3 is 2.67 bits per heavy atom. The summed E-state index contributed by atoms with van der Waals surface area (Å²) in [5.41, 5.74) is 2.46. The summed E-state index contributed by atoms with van der Waals surface area (Å²) in [6, 6.07) is 7.44. The van der Waals surface area contributed by atoms with E-state index in [1.807, 2.05) is 18.2 Å². The van der Waals surface area contributed by atoms with Crippen molar-refractivity contribution in [2.24, 2.45) is 0 Å². The number of nitrogens with one attached hydrogen (secondary N) is 1. The largest absolute Gasteiger partial charge is 0.489 e. The summed E-state index contributed by atoms with van der Waals surface area (Å²) in [5, 5.41) is 0.600. The minimum Gasteiger partial charge on any atom is -0.489 e. The lowest BCUT2D eigenvalue weighted by Gasteiger charge is -2.05. The molecule has 2 aromatic heterocycles. The summed E-state index contributed by atoms with van der Waals surface area (Å²) in [5.74, 6) is 2.18. The van der Waals surface area contributed by atoms with Crippen molar-refractivity contribution in [1.29, 1.82) is 0 Å². The van der Waals surface area contributed by atoms with Crippen molar-refractivity contribution in [2.45, 2.75) is 6.42 Å². The van der Waals surface area contributed by atoms with Crippen molar-refractivity contribution in [2.75, 3.05) is 13.2 Å². The predicted molar refractivity (Wildman–Crippen MR) is 79.9 cm³/mol. The van der Waals surface area contributed by atoms with Crippen LogP contribution in [0.3, 0.4) is 0 Å². The molecule has 1 aliphatic heterocycles.